The Bertz CT molecular complexity index is 517. The van der Waals surface area contributed by atoms with Gasteiger partial charge in [0.05, 0.1) is 16.8 Å². The number of aliphatic hydroxyl groups is 1. The summed E-state index contributed by atoms with van der Waals surface area (Å²) >= 11 is 11.8. The maximum absolute atomic E-state index is 10.00. The van der Waals surface area contributed by atoms with Crippen LogP contribution in [0.25, 0.3) is 0 Å². The Hall–Kier alpha value is -1.22. The predicted octanol–water partition coefficient (Wildman–Crippen LogP) is 4.78. The smallest absolute Gasteiger partial charge is 0.0962 e. The molecule has 0 aliphatic heterocycles. The monoisotopic (exact) mass is 297 g/mol. The Balaban J connectivity index is 0.00000180. The Kier molecular flexibility index (Phi) is 6.16. The SMILES string of the molecule is C.OC(CNc1ccc(Cl)cc1Cl)c1ccccc1. The van der Waals surface area contributed by atoms with Crippen LogP contribution in [0.2, 0.25) is 10.0 Å². The zero-order valence-electron chi connectivity index (χ0n) is 9.61. The van der Waals surface area contributed by atoms with E-state index < -0.39 is 6.10 Å². The number of nitrogens with one attached hydrogen (secondary N) is 1. The number of halogens is 2. The molecule has 2 aromatic rings. The fraction of sp³-hybridized carbons (Fsp3) is 0.200. The molecule has 0 aromatic heterocycles. The van der Waals surface area contributed by atoms with Gasteiger partial charge in [-0.2, -0.15) is 0 Å². The second kappa shape index (κ2) is 7.39. The van der Waals surface area contributed by atoms with Crippen molar-refractivity contribution in [2.45, 2.75) is 13.5 Å². The molecule has 0 radical (unpaired) electrons. The maximum Gasteiger partial charge on any atom is 0.0962 e. The van der Waals surface area contributed by atoms with E-state index >= 15 is 0 Å². The zero-order valence-corrected chi connectivity index (χ0v) is 11.1. The largest absolute Gasteiger partial charge is 0.387 e. The summed E-state index contributed by atoms with van der Waals surface area (Å²) in [4.78, 5) is 0. The standard InChI is InChI=1S/C14H13Cl2NO.CH4/c15-11-6-7-13(12(16)8-11)17-9-14(18)10-4-2-1-3-5-10;/h1-8,14,17-18H,9H2;1H4. The van der Waals surface area contributed by atoms with Crippen molar-refractivity contribution in [3.05, 3.63) is 64.1 Å². The zero-order chi connectivity index (χ0) is 13.0. The lowest BCUT2D eigenvalue weighted by Gasteiger charge is -2.14. The highest BCUT2D eigenvalue weighted by Crippen LogP contribution is 2.26. The van der Waals surface area contributed by atoms with Crippen molar-refractivity contribution in [2.24, 2.45) is 0 Å². The van der Waals surface area contributed by atoms with Gasteiger partial charge in [-0.1, -0.05) is 61.0 Å². The van der Waals surface area contributed by atoms with Crippen LogP contribution < -0.4 is 5.32 Å². The predicted molar refractivity (Wildman–Crippen MR) is 83.1 cm³/mol. The summed E-state index contributed by atoms with van der Waals surface area (Å²) in [5.74, 6) is 0. The molecule has 102 valence electrons. The highest BCUT2D eigenvalue weighted by atomic mass is 35.5. The van der Waals surface area contributed by atoms with Crippen molar-refractivity contribution >= 4 is 28.9 Å². The van der Waals surface area contributed by atoms with Gasteiger partial charge in [-0.05, 0) is 23.8 Å². The van der Waals surface area contributed by atoms with Crippen molar-refractivity contribution in [1.29, 1.82) is 0 Å². The van der Waals surface area contributed by atoms with Crippen LogP contribution in [0.4, 0.5) is 5.69 Å². The molecule has 2 N–H and O–H groups in total. The topological polar surface area (TPSA) is 32.3 Å². The molecule has 0 amide bonds. The highest BCUT2D eigenvalue weighted by Gasteiger charge is 2.07. The third-order valence-corrected chi connectivity index (χ3v) is 3.15. The first-order valence-corrected chi connectivity index (χ1v) is 6.34. The van der Waals surface area contributed by atoms with E-state index in [2.05, 4.69) is 5.32 Å². The van der Waals surface area contributed by atoms with Gasteiger partial charge in [-0.3, -0.25) is 0 Å². The molecule has 0 aliphatic rings. The van der Waals surface area contributed by atoms with Gasteiger partial charge >= 0.3 is 0 Å². The van der Waals surface area contributed by atoms with Crippen molar-refractivity contribution in [2.75, 3.05) is 11.9 Å². The minimum Gasteiger partial charge on any atom is -0.387 e. The van der Waals surface area contributed by atoms with E-state index in [1.807, 2.05) is 30.3 Å². The van der Waals surface area contributed by atoms with Crippen LogP contribution in [-0.4, -0.2) is 11.7 Å². The Labute approximate surface area is 124 Å². The van der Waals surface area contributed by atoms with Crippen LogP contribution in [0, 0.1) is 0 Å². The first-order chi connectivity index (χ1) is 8.66. The van der Waals surface area contributed by atoms with Crippen LogP contribution in [0.1, 0.15) is 19.1 Å². The first kappa shape index (κ1) is 15.8. The van der Waals surface area contributed by atoms with E-state index in [1.165, 1.54) is 0 Å². The molecular weight excluding hydrogens is 281 g/mol. The average molecular weight is 298 g/mol. The van der Waals surface area contributed by atoms with Gasteiger partial charge in [0, 0.05) is 11.6 Å². The van der Waals surface area contributed by atoms with Gasteiger partial charge in [-0.15, -0.1) is 0 Å². The quantitative estimate of drug-likeness (QED) is 0.851. The van der Waals surface area contributed by atoms with E-state index in [0.717, 1.165) is 11.3 Å². The van der Waals surface area contributed by atoms with Gasteiger partial charge in [0.15, 0.2) is 0 Å². The number of rotatable bonds is 4. The summed E-state index contributed by atoms with van der Waals surface area (Å²) in [6, 6.07) is 14.7. The molecule has 2 rings (SSSR count). The fourth-order valence-corrected chi connectivity index (χ4v) is 2.11. The van der Waals surface area contributed by atoms with Gasteiger partial charge in [0.1, 0.15) is 0 Å². The minimum absolute atomic E-state index is 0. The van der Waals surface area contributed by atoms with Crippen molar-refractivity contribution < 1.29 is 5.11 Å². The summed E-state index contributed by atoms with van der Waals surface area (Å²) in [6.07, 6.45) is -0.571. The molecule has 0 saturated heterocycles. The Morgan fingerprint density at radius 3 is 2.37 bits per heavy atom. The lowest BCUT2D eigenvalue weighted by Crippen LogP contribution is -2.12. The van der Waals surface area contributed by atoms with Crippen LogP contribution in [0.5, 0.6) is 0 Å². The summed E-state index contributed by atoms with van der Waals surface area (Å²) in [7, 11) is 0. The molecule has 0 spiro atoms. The first-order valence-electron chi connectivity index (χ1n) is 5.59. The molecule has 0 bridgehead atoms. The summed E-state index contributed by atoms with van der Waals surface area (Å²) < 4.78 is 0. The second-order valence-corrected chi connectivity index (χ2v) is 4.78. The molecular formula is C15H17Cl2NO. The van der Waals surface area contributed by atoms with E-state index in [4.69, 9.17) is 23.2 Å². The van der Waals surface area contributed by atoms with Crippen LogP contribution in [0.3, 0.4) is 0 Å². The van der Waals surface area contributed by atoms with Crippen molar-refractivity contribution in [1.82, 2.24) is 0 Å². The molecule has 0 aliphatic carbocycles. The average Bonchev–Trinajstić information content (AvgIpc) is 2.38. The van der Waals surface area contributed by atoms with Crippen molar-refractivity contribution in [3.63, 3.8) is 0 Å². The normalized spacial score (nSPS) is 11.5. The number of hydrogen-bond donors (Lipinski definition) is 2. The molecule has 0 fully saturated rings. The molecule has 0 heterocycles. The molecule has 19 heavy (non-hydrogen) atoms. The number of aliphatic hydroxyl groups excluding tert-OH is 1. The van der Waals surface area contributed by atoms with Gasteiger partial charge in [-0.25, -0.2) is 0 Å². The third kappa shape index (κ3) is 4.43. The summed E-state index contributed by atoms with van der Waals surface area (Å²) in [5, 5.41) is 14.2. The molecule has 1 unspecified atom stereocenters. The Morgan fingerprint density at radius 1 is 1.05 bits per heavy atom. The van der Waals surface area contributed by atoms with E-state index in [0.29, 0.717) is 16.6 Å². The van der Waals surface area contributed by atoms with Crippen LogP contribution >= 0.6 is 23.2 Å². The van der Waals surface area contributed by atoms with Crippen LogP contribution in [0.15, 0.2) is 48.5 Å². The van der Waals surface area contributed by atoms with Gasteiger partial charge in [0.2, 0.25) is 0 Å². The number of hydrogen-bond acceptors (Lipinski definition) is 2. The van der Waals surface area contributed by atoms with E-state index in [9.17, 15) is 5.11 Å². The minimum atomic E-state index is -0.571. The Morgan fingerprint density at radius 2 is 1.74 bits per heavy atom. The second-order valence-electron chi connectivity index (χ2n) is 3.93. The molecule has 4 heteroatoms. The molecule has 1 atom stereocenters. The summed E-state index contributed by atoms with van der Waals surface area (Å²) in [5.41, 5.74) is 1.63. The van der Waals surface area contributed by atoms with Gasteiger partial charge < -0.3 is 10.4 Å². The lowest BCUT2D eigenvalue weighted by molar-refractivity contribution is 0.191. The highest BCUT2D eigenvalue weighted by molar-refractivity contribution is 6.36. The maximum atomic E-state index is 10.00. The van der Waals surface area contributed by atoms with E-state index in [1.54, 1.807) is 18.2 Å². The lowest BCUT2D eigenvalue weighted by atomic mass is 10.1. The molecule has 0 saturated carbocycles. The number of benzene rings is 2. The molecule has 2 aromatic carbocycles. The summed E-state index contributed by atoms with van der Waals surface area (Å²) in [6.45, 7) is 0.394. The third-order valence-electron chi connectivity index (χ3n) is 2.60. The fourth-order valence-electron chi connectivity index (χ4n) is 1.63. The van der Waals surface area contributed by atoms with Crippen LogP contribution in [-0.2, 0) is 0 Å². The van der Waals surface area contributed by atoms with E-state index in [-0.39, 0.29) is 7.43 Å². The molecule has 2 nitrogen and oxygen atoms in total. The van der Waals surface area contributed by atoms with Crippen molar-refractivity contribution in [3.8, 4) is 0 Å². The number of anilines is 1. The van der Waals surface area contributed by atoms with Gasteiger partial charge in [0.25, 0.3) is 0 Å².